The minimum Gasteiger partial charge on any atom is -0.465 e. The lowest BCUT2D eigenvalue weighted by Crippen LogP contribution is -2.33. The first-order valence-electron chi connectivity index (χ1n) is 13.0. The Balaban J connectivity index is 1.54. The first-order valence-corrected chi connectivity index (χ1v) is 13.0. The van der Waals surface area contributed by atoms with Crippen LogP contribution in [0.25, 0.3) is 22.0 Å². The molecule has 0 unspecified atom stereocenters. The lowest BCUT2D eigenvalue weighted by atomic mass is 9.97. The van der Waals surface area contributed by atoms with E-state index in [-0.39, 0.29) is 11.8 Å². The monoisotopic (exact) mass is 550 g/mol. The van der Waals surface area contributed by atoms with Gasteiger partial charge in [-0.1, -0.05) is 18.2 Å². The molecule has 41 heavy (non-hydrogen) atoms. The van der Waals surface area contributed by atoms with Crippen LogP contribution in [0.2, 0.25) is 0 Å². The molecule has 2 amide bonds. The van der Waals surface area contributed by atoms with Crippen molar-refractivity contribution in [3.05, 3.63) is 95.3 Å². The van der Waals surface area contributed by atoms with E-state index >= 15 is 0 Å². The molecule has 5 rings (SSSR count). The molecule has 0 saturated carbocycles. The number of amides is 2. The van der Waals surface area contributed by atoms with Crippen molar-refractivity contribution in [2.75, 3.05) is 52.0 Å². The molecule has 10 nitrogen and oxygen atoms in total. The average Bonchev–Trinajstić information content (AvgIpc) is 3.32. The highest BCUT2D eigenvalue weighted by Gasteiger charge is 2.29. The van der Waals surface area contributed by atoms with Crippen molar-refractivity contribution in [1.82, 2.24) is 20.0 Å². The summed E-state index contributed by atoms with van der Waals surface area (Å²) in [5, 5.41) is 16.0. The van der Waals surface area contributed by atoms with Crippen LogP contribution in [-0.2, 0) is 9.53 Å². The van der Waals surface area contributed by atoms with E-state index in [2.05, 4.69) is 20.8 Å². The molecule has 10 heteroatoms. The van der Waals surface area contributed by atoms with E-state index in [1.807, 2.05) is 49.3 Å². The van der Waals surface area contributed by atoms with Crippen molar-refractivity contribution in [2.45, 2.75) is 0 Å². The van der Waals surface area contributed by atoms with Crippen LogP contribution >= 0.6 is 0 Å². The van der Waals surface area contributed by atoms with Crippen LogP contribution in [0.15, 0.2) is 73.1 Å². The fraction of sp³-hybridized carbons (Fsp3) is 0.194. The molecule has 0 saturated heterocycles. The number of methoxy groups -OCH3 is 1. The number of aromatic nitrogens is 2. The summed E-state index contributed by atoms with van der Waals surface area (Å²) in [7, 11) is 7.03. The van der Waals surface area contributed by atoms with Gasteiger partial charge in [0.25, 0.3) is 11.8 Å². The van der Waals surface area contributed by atoms with Crippen LogP contribution in [-0.4, -0.2) is 79.1 Å². The second-order valence-electron chi connectivity index (χ2n) is 10.0. The smallest absolute Gasteiger partial charge is 0.337 e. The first kappa shape index (κ1) is 27.5. The Hall–Kier alpha value is -5.09. The molecule has 0 bridgehead atoms. The second kappa shape index (κ2) is 11.6. The number of carbonyl (C=O) groups excluding carboxylic acids is 3. The number of hydrogen-bond acceptors (Lipinski definition) is 8. The third kappa shape index (κ3) is 5.78. The highest BCUT2D eigenvalue weighted by Crippen LogP contribution is 2.38. The molecule has 3 aromatic carbocycles. The quantitative estimate of drug-likeness (QED) is 0.250. The zero-order valence-corrected chi connectivity index (χ0v) is 23.3. The van der Waals surface area contributed by atoms with E-state index in [4.69, 9.17) is 4.74 Å². The normalized spacial score (nSPS) is 13.5. The van der Waals surface area contributed by atoms with Crippen molar-refractivity contribution in [2.24, 2.45) is 0 Å². The molecule has 208 valence electrons. The average molecular weight is 551 g/mol. The molecule has 0 aliphatic carbocycles. The summed E-state index contributed by atoms with van der Waals surface area (Å²) >= 11 is 0. The van der Waals surface area contributed by atoms with E-state index in [1.165, 1.54) is 7.11 Å². The van der Waals surface area contributed by atoms with Crippen molar-refractivity contribution < 1.29 is 19.1 Å². The molecule has 2 heterocycles. The Labute approximate surface area is 237 Å². The third-order valence-corrected chi connectivity index (χ3v) is 6.90. The summed E-state index contributed by atoms with van der Waals surface area (Å²) in [5.41, 5.74) is 4.49. The Kier molecular flexibility index (Phi) is 7.75. The van der Waals surface area contributed by atoms with Crippen LogP contribution in [0.1, 0.15) is 31.8 Å². The molecule has 1 aromatic heterocycles. The molecule has 1 aliphatic rings. The van der Waals surface area contributed by atoms with Gasteiger partial charge in [0.15, 0.2) is 0 Å². The van der Waals surface area contributed by atoms with Gasteiger partial charge in [0.05, 0.1) is 42.0 Å². The summed E-state index contributed by atoms with van der Waals surface area (Å²) in [6.45, 7) is 1.38. The highest BCUT2D eigenvalue weighted by molar-refractivity contribution is 6.37. The Morgan fingerprint density at radius 2 is 1.54 bits per heavy atom. The molecule has 1 aliphatic heterocycles. The van der Waals surface area contributed by atoms with Gasteiger partial charge in [0.1, 0.15) is 0 Å². The number of rotatable bonds is 8. The molecular weight excluding hydrogens is 520 g/mol. The van der Waals surface area contributed by atoms with Crippen molar-refractivity contribution in [3.8, 4) is 0 Å². The predicted octanol–water partition coefficient (Wildman–Crippen LogP) is 3.98. The number of nitrogens with one attached hydrogen (secondary N) is 2. The number of likely N-dealkylation sites (N-methyl/N-ethyl adjacent to an activating group) is 2. The van der Waals surface area contributed by atoms with Gasteiger partial charge in [0.2, 0.25) is 0 Å². The van der Waals surface area contributed by atoms with Gasteiger partial charge in [-0.2, -0.15) is 10.2 Å². The van der Waals surface area contributed by atoms with Gasteiger partial charge in [-0.25, -0.2) is 4.79 Å². The maximum atomic E-state index is 13.4. The standard InChI is InChI=1S/C31H30N6O4/c1-36(2)13-14-37(3)30(39)19-7-10-24(11-8-19)34-28(20-5-6-22-17-32-33-18-23(22)15-20)27-25-12-9-21(31(40)41-4)16-26(25)35-29(27)38/h5-12,15-18,34H,13-14H2,1-4H3,(H,35,38)/b28-27-. The second-order valence-corrected chi connectivity index (χ2v) is 10.0. The summed E-state index contributed by atoms with van der Waals surface area (Å²) in [6.07, 6.45) is 3.34. The van der Waals surface area contributed by atoms with Gasteiger partial charge in [0, 0.05) is 47.7 Å². The molecule has 0 radical (unpaired) electrons. The first-order chi connectivity index (χ1) is 19.7. The van der Waals surface area contributed by atoms with Gasteiger partial charge in [-0.05, 0) is 62.1 Å². The summed E-state index contributed by atoms with van der Waals surface area (Å²) < 4.78 is 4.84. The van der Waals surface area contributed by atoms with E-state index in [1.54, 1.807) is 54.7 Å². The fourth-order valence-electron chi connectivity index (χ4n) is 4.61. The Morgan fingerprint density at radius 1 is 0.854 bits per heavy atom. The summed E-state index contributed by atoms with van der Waals surface area (Å²) in [6, 6.07) is 17.9. The van der Waals surface area contributed by atoms with Gasteiger partial charge >= 0.3 is 5.97 Å². The largest absolute Gasteiger partial charge is 0.465 e. The lowest BCUT2D eigenvalue weighted by molar-refractivity contribution is -0.110. The van der Waals surface area contributed by atoms with Crippen LogP contribution in [0.5, 0.6) is 0 Å². The van der Waals surface area contributed by atoms with Crippen molar-refractivity contribution in [1.29, 1.82) is 0 Å². The topological polar surface area (TPSA) is 117 Å². The predicted molar refractivity (Wildman–Crippen MR) is 158 cm³/mol. The lowest BCUT2D eigenvalue weighted by Gasteiger charge is -2.20. The van der Waals surface area contributed by atoms with Crippen LogP contribution in [0.3, 0.4) is 0 Å². The molecule has 4 aromatic rings. The van der Waals surface area contributed by atoms with Crippen LogP contribution in [0, 0.1) is 0 Å². The number of fused-ring (bicyclic) bond motifs is 2. The minimum absolute atomic E-state index is 0.0712. The molecular formula is C31H30N6O4. The minimum atomic E-state index is -0.490. The highest BCUT2D eigenvalue weighted by atomic mass is 16.5. The van der Waals surface area contributed by atoms with Crippen LogP contribution < -0.4 is 10.6 Å². The summed E-state index contributed by atoms with van der Waals surface area (Å²) in [4.78, 5) is 42.1. The SMILES string of the molecule is COC(=O)c1ccc2c(c1)NC(=O)/C2=C(\Nc1ccc(C(=O)N(C)CCN(C)C)cc1)c1ccc2cnncc2c1. The number of esters is 1. The number of nitrogens with zero attached hydrogens (tertiary/aromatic N) is 4. The molecule has 2 N–H and O–H groups in total. The van der Waals surface area contributed by atoms with Crippen LogP contribution in [0.4, 0.5) is 11.4 Å². The zero-order valence-electron chi connectivity index (χ0n) is 23.3. The van der Waals surface area contributed by atoms with E-state index in [0.29, 0.717) is 45.9 Å². The zero-order chi connectivity index (χ0) is 29.1. The van der Waals surface area contributed by atoms with Gasteiger partial charge in [-0.15, -0.1) is 0 Å². The number of ether oxygens (including phenoxy) is 1. The third-order valence-electron chi connectivity index (χ3n) is 6.90. The van der Waals surface area contributed by atoms with Gasteiger partial charge in [-0.3, -0.25) is 9.59 Å². The number of hydrogen-bond donors (Lipinski definition) is 2. The van der Waals surface area contributed by atoms with Crippen molar-refractivity contribution in [3.63, 3.8) is 0 Å². The van der Waals surface area contributed by atoms with E-state index in [9.17, 15) is 14.4 Å². The molecule has 0 fully saturated rings. The molecule has 0 spiro atoms. The van der Waals surface area contributed by atoms with Gasteiger partial charge < -0.3 is 25.2 Å². The number of benzene rings is 3. The van der Waals surface area contributed by atoms with Crippen molar-refractivity contribution >= 4 is 51.2 Å². The maximum absolute atomic E-state index is 13.4. The maximum Gasteiger partial charge on any atom is 0.337 e. The molecule has 0 atom stereocenters. The van der Waals surface area contributed by atoms with E-state index < -0.39 is 5.97 Å². The summed E-state index contributed by atoms with van der Waals surface area (Å²) in [5.74, 6) is -0.875. The van der Waals surface area contributed by atoms with E-state index in [0.717, 1.165) is 22.9 Å². The number of anilines is 2. The Morgan fingerprint density at radius 3 is 2.24 bits per heavy atom. The number of carbonyl (C=O) groups is 3. The Bertz CT molecular complexity index is 1680. The fourth-order valence-corrected chi connectivity index (χ4v) is 4.61.